The first-order chi connectivity index (χ1) is 11.5. The van der Waals surface area contributed by atoms with Crippen molar-refractivity contribution < 1.29 is 13.7 Å². The van der Waals surface area contributed by atoms with Crippen molar-refractivity contribution >= 4 is 22.4 Å². The summed E-state index contributed by atoms with van der Waals surface area (Å²) in [6.07, 6.45) is 0. The molecule has 1 amide bonds. The van der Waals surface area contributed by atoms with Crippen molar-refractivity contribution in [2.75, 3.05) is 11.9 Å². The largest absolute Gasteiger partial charge is 0.494 e. The molecule has 0 aliphatic rings. The van der Waals surface area contributed by atoms with Crippen molar-refractivity contribution in [3.8, 4) is 5.75 Å². The molecule has 1 N–H and O–H groups in total. The fourth-order valence-electron chi connectivity index (χ4n) is 2.26. The first-order valence-corrected chi connectivity index (χ1v) is 9.35. The maximum atomic E-state index is 12.6. The number of ether oxygens (including phenoxy) is 1. The molecule has 0 saturated heterocycles. The smallest absolute Gasteiger partial charge is 0.239 e. The highest BCUT2D eigenvalue weighted by Gasteiger charge is 2.21. The molecule has 5 heteroatoms. The standard InChI is InChI=1S/C19H23NO3S/c1-4-23-18-12-8-6-10-16(18)13-24(22)15(3)19(21)20-17-11-7-5-9-14(17)2/h5-12,15H,4,13H2,1-3H3,(H,20,21)/t15-,24+/m0/s1. The molecule has 2 aromatic carbocycles. The number of carbonyl (C=O) groups excluding carboxylic acids is 1. The maximum Gasteiger partial charge on any atom is 0.239 e. The monoisotopic (exact) mass is 345 g/mol. The molecule has 0 aromatic heterocycles. The third-order valence-electron chi connectivity index (χ3n) is 3.74. The minimum absolute atomic E-state index is 0.239. The summed E-state index contributed by atoms with van der Waals surface area (Å²) in [4.78, 5) is 12.4. The number of benzene rings is 2. The fraction of sp³-hybridized carbons (Fsp3) is 0.316. The lowest BCUT2D eigenvalue weighted by atomic mass is 10.2. The number of nitrogens with one attached hydrogen (secondary N) is 1. The molecule has 2 atom stereocenters. The van der Waals surface area contributed by atoms with Gasteiger partial charge in [0.05, 0.1) is 12.4 Å². The van der Waals surface area contributed by atoms with Crippen LogP contribution in [-0.2, 0) is 21.3 Å². The van der Waals surface area contributed by atoms with Crippen LogP contribution in [-0.4, -0.2) is 22.0 Å². The Labute approximate surface area is 145 Å². The molecule has 4 nitrogen and oxygen atoms in total. The average molecular weight is 345 g/mol. The number of para-hydroxylation sites is 2. The molecule has 0 bridgehead atoms. The molecular weight excluding hydrogens is 322 g/mol. The Balaban J connectivity index is 2.04. The van der Waals surface area contributed by atoms with Crippen LogP contribution < -0.4 is 10.1 Å². The molecule has 0 unspecified atom stereocenters. The van der Waals surface area contributed by atoms with Gasteiger partial charge in [-0.05, 0) is 38.5 Å². The summed E-state index contributed by atoms with van der Waals surface area (Å²) in [5.74, 6) is 0.773. The predicted octanol–water partition coefficient (Wildman–Crippen LogP) is 3.67. The Morgan fingerprint density at radius 2 is 1.83 bits per heavy atom. The summed E-state index contributed by atoms with van der Waals surface area (Å²) in [7, 11) is -1.33. The van der Waals surface area contributed by atoms with Crippen LogP contribution in [0.15, 0.2) is 48.5 Å². The van der Waals surface area contributed by atoms with Gasteiger partial charge in [-0.1, -0.05) is 36.4 Å². The van der Waals surface area contributed by atoms with Crippen LogP contribution in [0.5, 0.6) is 5.75 Å². The fourth-order valence-corrected chi connectivity index (χ4v) is 3.36. The normalized spacial score (nSPS) is 13.1. The van der Waals surface area contributed by atoms with E-state index in [-0.39, 0.29) is 5.91 Å². The molecule has 0 fully saturated rings. The number of rotatable bonds is 7. The van der Waals surface area contributed by atoms with E-state index in [9.17, 15) is 9.00 Å². The minimum Gasteiger partial charge on any atom is -0.494 e. The topological polar surface area (TPSA) is 55.4 Å². The van der Waals surface area contributed by atoms with Gasteiger partial charge < -0.3 is 10.1 Å². The SMILES string of the molecule is CCOc1ccccc1C[S@@](=O)[C@@H](C)C(=O)Nc1ccccc1C. The number of carbonyl (C=O) groups is 1. The van der Waals surface area contributed by atoms with Crippen molar-refractivity contribution in [1.29, 1.82) is 0 Å². The third-order valence-corrected chi connectivity index (χ3v) is 5.33. The first kappa shape index (κ1) is 18.2. The molecule has 128 valence electrons. The molecule has 0 heterocycles. The van der Waals surface area contributed by atoms with E-state index in [2.05, 4.69) is 5.32 Å². The lowest BCUT2D eigenvalue weighted by molar-refractivity contribution is -0.115. The highest BCUT2D eigenvalue weighted by molar-refractivity contribution is 7.85. The molecule has 0 aliphatic heterocycles. The number of aryl methyl sites for hydroxylation is 1. The Bertz CT molecular complexity index is 730. The van der Waals surface area contributed by atoms with E-state index < -0.39 is 16.0 Å². The second-order valence-corrected chi connectivity index (χ2v) is 7.27. The third kappa shape index (κ3) is 4.68. The Morgan fingerprint density at radius 3 is 2.54 bits per heavy atom. The van der Waals surface area contributed by atoms with Gasteiger partial charge in [-0.2, -0.15) is 0 Å². The predicted molar refractivity (Wildman–Crippen MR) is 98.7 cm³/mol. The molecular formula is C19H23NO3S. The zero-order valence-corrected chi connectivity index (χ0v) is 15.1. The summed E-state index contributed by atoms with van der Waals surface area (Å²) in [5.41, 5.74) is 2.58. The quantitative estimate of drug-likeness (QED) is 0.833. The van der Waals surface area contributed by atoms with Gasteiger partial charge in [0.15, 0.2) is 0 Å². The van der Waals surface area contributed by atoms with Crippen LogP contribution in [0.3, 0.4) is 0 Å². The highest BCUT2D eigenvalue weighted by atomic mass is 32.2. The summed E-state index contributed by atoms with van der Waals surface area (Å²) in [6.45, 7) is 6.07. The number of hydrogen-bond acceptors (Lipinski definition) is 3. The molecule has 2 rings (SSSR count). The molecule has 2 aromatic rings. The van der Waals surface area contributed by atoms with Crippen molar-refractivity contribution in [3.63, 3.8) is 0 Å². The van der Waals surface area contributed by atoms with Crippen molar-refractivity contribution in [3.05, 3.63) is 59.7 Å². The zero-order chi connectivity index (χ0) is 17.5. The van der Waals surface area contributed by atoms with Crippen molar-refractivity contribution in [2.45, 2.75) is 31.8 Å². The number of anilines is 1. The summed E-state index contributed by atoms with van der Waals surface area (Å²) < 4.78 is 18.1. The van der Waals surface area contributed by atoms with Gasteiger partial charge in [-0.15, -0.1) is 0 Å². The van der Waals surface area contributed by atoms with E-state index in [4.69, 9.17) is 4.74 Å². The Hall–Kier alpha value is -2.14. The highest BCUT2D eigenvalue weighted by Crippen LogP contribution is 2.21. The van der Waals surface area contributed by atoms with Crippen molar-refractivity contribution in [1.82, 2.24) is 0 Å². The number of amides is 1. The molecule has 0 aliphatic carbocycles. The maximum absolute atomic E-state index is 12.6. The van der Waals surface area contributed by atoms with Crippen LogP contribution in [0.25, 0.3) is 0 Å². The molecule has 0 radical (unpaired) electrons. The van der Waals surface area contributed by atoms with E-state index in [1.807, 2.05) is 62.4 Å². The van der Waals surface area contributed by atoms with E-state index in [1.54, 1.807) is 6.92 Å². The van der Waals surface area contributed by atoms with Crippen LogP contribution in [0, 0.1) is 6.92 Å². The van der Waals surface area contributed by atoms with Gasteiger partial charge in [0.25, 0.3) is 0 Å². The lowest BCUT2D eigenvalue weighted by Crippen LogP contribution is -2.30. The van der Waals surface area contributed by atoms with Crippen LogP contribution >= 0.6 is 0 Å². The van der Waals surface area contributed by atoms with Crippen LogP contribution in [0.1, 0.15) is 25.0 Å². The molecule has 0 saturated carbocycles. The van der Waals surface area contributed by atoms with Gasteiger partial charge in [0.2, 0.25) is 5.91 Å². The first-order valence-electron chi connectivity index (χ1n) is 7.97. The number of hydrogen-bond donors (Lipinski definition) is 1. The van der Waals surface area contributed by atoms with Crippen LogP contribution in [0.4, 0.5) is 5.69 Å². The second-order valence-electron chi connectivity index (χ2n) is 5.51. The van der Waals surface area contributed by atoms with E-state index >= 15 is 0 Å². The summed E-state index contributed by atoms with van der Waals surface area (Å²) in [5, 5.41) is 2.24. The zero-order valence-electron chi connectivity index (χ0n) is 14.2. The second kappa shape index (κ2) is 8.64. The van der Waals surface area contributed by atoms with Crippen molar-refractivity contribution in [2.24, 2.45) is 0 Å². The van der Waals surface area contributed by atoms with E-state index in [1.165, 1.54) is 0 Å². The Morgan fingerprint density at radius 1 is 1.17 bits per heavy atom. The lowest BCUT2D eigenvalue weighted by Gasteiger charge is -2.15. The van der Waals surface area contributed by atoms with Gasteiger partial charge >= 0.3 is 0 Å². The van der Waals surface area contributed by atoms with Crippen LogP contribution in [0.2, 0.25) is 0 Å². The van der Waals surface area contributed by atoms with E-state index in [0.717, 1.165) is 22.6 Å². The summed E-state index contributed by atoms with van der Waals surface area (Å²) >= 11 is 0. The minimum atomic E-state index is -1.33. The van der Waals surface area contributed by atoms with Gasteiger partial charge in [-0.3, -0.25) is 9.00 Å². The van der Waals surface area contributed by atoms with Gasteiger partial charge in [0.1, 0.15) is 11.0 Å². The average Bonchev–Trinajstić information content (AvgIpc) is 2.58. The summed E-state index contributed by atoms with van der Waals surface area (Å²) in [6, 6.07) is 15.0. The Kier molecular flexibility index (Phi) is 6.55. The van der Waals surface area contributed by atoms with E-state index in [0.29, 0.717) is 12.4 Å². The van der Waals surface area contributed by atoms with Gasteiger partial charge in [0, 0.05) is 22.1 Å². The molecule has 24 heavy (non-hydrogen) atoms. The molecule has 0 spiro atoms. The van der Waals surface area contributed by atoms with Gasteiger partial charge in [-0.25, -0.2) is 0 Å².